The second-order valence-corrected chi connectivity index (χ2v) is 9.27. The molecule has 30 heavy (non-hydrogen) atoms. The summed E-state index contributed by atoms with van der Waals surface area (Å²) in [4.78, 5) is 13.1. The van der Waals surface area contributed by atoms with E-state index >= 15 is 0 Å². The number of amides is 1. The first-order valence-electron chi connectivity index (χ1n) is 11.3. The van der Waals surface area contributed by atoms with Gasteiger partial charge in [0.2, 0.25) is 6.29 Å². The average Bonchev–Trinajstić information content (AvgIpc) is 3.36. The molecule has 5 nitrogen and oxygen atoms in total. The zero-order chi connectivity index (χ0) is 21.1. The number of fused-ring (bicyclic) bond motifs is 2. The maximum atomic E-state index is 13.1. The van der Waals surface area contributed by atoms with Gasteiger partial charge in [-0.3, -0.25) is 4.79 Å². The lowest BCUT2D eigenvalue weighted by Crippen LogP contribution is -2.43. The van der Waals surface area contributed by atoms with Crippen molar-refractivity contribution >= 4 is 17.5 Å². The van der Waals surface area contributed by atoms with Crippen LogP contribution < -0.4 is 5.32 Å². The molecule has 2 bridgehead atoms. The first kappa shape index (κ1) is 21.7. The highest BCUT2D eigenvalue weighted by molar-refractivity contribution is 6.30. The van der Waals surface area contributed by atoms with E-state index in [1.807, 2.05) is 37.3 Å². The van der Waals surface area contributed by atoms with Crippen LogP contribution in [0.25, 0.3) is 0 Å². The molecule has 1 aromatic rings. The molecule has 2 N–H and O–H groups in total. The summed E-state index contributed by atoms with van der Waals surface area (Å²) in [6.45, 7) is 2.54. The number of carbonyl (C=O) groups excluding carboxylic acids is 1. The van der Waals surface area contributed by atoms with Gasteiger partial charge in [-0.2, -0.15) is 0 Å². The molecule has 4 rings (SSSR count). The van der Waals surface area contributed by atoms with Crippen molar-refractivity contribution < 1.29 is 19.4 Å². The average molecular weight is 434 g/mol. The molecule has 0 aromatic heterocycles. The van der Waals surface area contributed by atoms with E-state index in [4.69, 9.17) is 21.1 Å². The van der Waals surface area contributed by atoms with Gasteiger partial charge in [-0.25, -0.2) is 0 Å². The number of hydrogen-bond acceptors (Lipinski definition) is 4. The molecule has 1 aromatic carbocycles. The number of allylic oxidation sites excluding steroid dienone is 1. The summed E-state index contributed by atoms with van der Waals surface area (Å²) in [5.74, 6) is 1.54. The van der Waals surface area contributed by atoms with Crippen molar-refractivity contribution in [3.8, 4) is 0 Å². The van der Waals surface area contributed by atoms with Crippen molar-refractivity contribution in [2.75, 3.05) is 13.2 Å². The monoisotopic (exact) mass is 433 g/mol. The molecule has 1 heterocycles. The quantitative estimate of drug-likeness (QED) is 0.637. The van der Waals surface area contributed by atoms with E-state index < -0.39 is 6.29 Å². The zero-order valence-corrected chi connectivity index (χ0v) is 18.3. The summed E-state index contributed by atoms with van der Waals surface area (Å²) in [5.41, 5.74) is 1.07. The lowest BCUT2D eigenvalue weighted by atomic mass is 9.80. The molecule has 0 saturated heterocycles. The Morgan fingerprint density at radius 3 is 2.70 bits per heavy atom. The number of carbonyl (C=O) groups is 1. The van der Waals surface area contributed by atoms with Crippen LogP contribution in [0.3, 0.4) is 0 Å². The van der Waals surface area contributed by atoms with E-state index in [-0.39, 0.29) is 30.4 Å². The Kier molecular flexibility index (Phi) is 7.01. The Bertz CT molecular complexity index is 765. The van der Waals surface area contributed by atoms with Crippen molar-refractivity contribution in [2.45, 2.75) is 63.7 Å². The summed E-state index contributed by atoms with van der Waals surface area (Å²) >= 11 is 6.09. The fourth-order valence-corrected chi connectivity index (χ4v) is 5.62. The minimum absolute atomic E-state index is 0.0114. The van der Waals surface area contributed by atoms with Gasteiger partial charge in [0.1, 0.15) is 0 Å². The van der Waals surface area contributed by atoms with Gasteiger partial charge in [-0.15, -0.1) is 0 Å². The highest BCUT2D eigenvalue weighted by Crippen LogP contribution is 2.45. The predicted octanol–water partition coefficient (Wildman–Crippen LogP) is 4.39. The third-order valence-electron chi connectivity index (χ3n) is 6.94. The van der Waals surface area contributed by atoms with Gasteiger partial charge in [-0.1, -0.05) is 30.2 Å². The minimum atomic E-state index is -0.520. The third-order valence-corrected chi connectivity index (χ3v) is 7.20. The number of hydrogen-bond donors (Lipinski definition) is 2. The summed E-state index contributed by atoms with van der Waals surface area (Å²) in [5, 5.41) is 13.3. The lowest BCUT2D eigenvalue weighted by Gasteiger charge is -2.37. The van der Waals surface area contributed by atoms with Crippen LogP contribution in [0.1, 0.15) is 56.9 Å². The molecule has 1 aliphatic heterocycles. The standard InChI is InChI=1S/C24H32ClNO4/c1-2-29-24-19(4-3-11-27)20(16-7-9-18(25)10-8-16)14-22(30-24)23(28)26-21-13-15-5-6-17(21)12-15/h7-10,14-15,17,19-21,24,27H,2-6,11-13H2,1H3,(H,26,28)/t15?,17?,19-,20-,21?,24-/m1/s1. The van der Waals surface area contributed by atoms with Crippen LogP contribution in [0.15, 0.2) is 36.1 Å². The first-order valence-corrected chi connectivity index (χ1v) is 11.6. The highest BCUT2D eigenvalue weighted by atomic mass is 35.5. The van der Waals surface area contributed by atoms with Gasteiger partial charge in [0.15, 0.2) is 5.76 Å². The van der Waals surface area contributed by atoms with E-state index in [2.05, 4.69) is 5.32 Å². The second kappa shape index (κ2) is 9.71. The third kappa shape index (κ3) is 4.68. The smallest absolute Gasteiger partial charge is 0.286 e. The van der Waals surface area contributed by atoms with Gasteiger partial charge in [0.05, 0.1) is 0 Å². The van der Waals surface area contributed by atoms with E-state index in [0.717, 1.165) is 24.3 Å². The number of nitrogens with one attached hydrogen (secondary N) is 1. The fraction of sp³-hybridized carbons (Fsp3) is 0.625. The Balaban J connectivity index is 1.58. The van der Waals surface area contributed by atoms with Crippen LogP contribution in [0, 0.1) is 17.8 Å². The van der Waals surface area contributed by atoms with Crippen LogP contribution in [-0.2, 0) is 14.3 Å². The highest BCUT2D eigenvalue weighted by Gasteiger charge is 2.42. The molecule has 1 amide bonds. The SMILES string of the molecule is CCO[C@@H]1OC(C(=O)NC2CC3CCC2C3)=C[C@H](c2ccc(Cl)cc2)[C@H]1CCCO. The fourth-order valence-electron chi connectivity index (χ4n) is 5.49. The summed E-state index contributed by atoms with van der Waals surface area (Å²) in [7, 11) is 0. The summed E-state index contributed by atoms with van der Waals surface area (Å²) in [6.07, 6.45) is 7.65. The van der Waals surface area contributed by atoms with Crippen molar-refractivity contribution in [1.82, 2.24) is 5.32 Å². The summed E-state index contributed by atoms with van der Waals surface area (Å²) in [6, 6.07) is 7.99. The molecule has 0 radical (unpaired) electrons. The Morgan fingerprint density at radius 1 is 1.27 bits per heavy atom. The molecule has 0 spiro atoms. The molecule has 6 heteroatoms. The van der Waals surface area contributed by atoms with Gasteiger partial charge >= 0.3 is 0 Å². The number of halogens is 1. The van der Waals surface area contributed by atoms with E-state index in [1.54, 1.807) is 0 Å². The predicted molar refractivity (Wildman–Crippen MR) is 116 cm³/mol. The van der Waals surface area contributed by atoms with Crippen LogP contribution in [0.2, 0.25) is 5.02 Å². The molecule has 2 saturated carbocycles. The molecule has 2 fully saturated rings. The Morgan fingerprint density at radius 2 is 2.07 bits per heavy atom. The molecule has 2 aliphatic carbocycles. The van der Waals surface area contributed by atoms with Gasteiger partial charge in [0.25, 0.3) is 5.91 Å². The normalized spacial score (nSPS) is 32.6. The molecular weight excluding hydrogens is 402 g/mol. The number of rotatable bonds is 8. The molecule has 3 aliphatic rings. The van der Waals surface area contributed by atoms with Crippen LogP contribution in [0.4, 0.5) is 0 Å². The maximum absolute atomic E-state index is 13.1. The maximum Gasteiger partial charge on any atom is 0.286 e. The first-order chi connectivity index (χ1) is 14.6. The number of ether oxygens (including phenoxy) is 2. The number of aliphatic hydroxyl groups excluding tert-OH is 1. The summed E-state index contributed by atoms with van der Waals surface area (Å²) < 4.78 is 12.0. The second-order valence-electron chi connectivity index (χ2n) is 8.83. The van der Waals surface area contributed by atoms with Crippen LogP contribution in [-0.4, -0.2) is 36.6 Å². The van der Waals surface area contributed by atoms with Crippen LogP contribution in [0.5, 0.6) is 0 Å². The number of aliphatic hydroxyl groups is 1. The van der Waals surface area contributed by atoms with Gasteiger partial charge in [0, 0.05) is 36.1 Å². The van der Waals surface area contributed by atoms with Crippen molar-refractivity contribution in [2.24, 2.45) is 17.8 Å². The molecule has 3 unspecified atom stereocenters. The largest absolute Gasteiger partial charge is 0.459 e. The lowest BCUT2D eigenvalue weighted by molar-refractivity contribution is -0.167. The topological polar surface area (TPSA) is 67.8 Å². The number of benzene rings is 1. The van der Waals surface area contributed by atoms with Gasteiger partial charge < -0.3 is 19.9 Å². The molecule has 164 valence electrons. The zero-order valence-electron chi connectivity index (χ0n) is 17.6. The molecule has 6 atom stereocenters. The molecular formula is C24H32ClNO4. The van der Waals surface area contributed by atoms with E-state index in [0.29, 0.717) is 29.7 Å². The van der Waals surface area contributed by atoms with Gasteiger partial charge in [-0.05, 0) is 74.6 Å². The Hall–Kier alpha value is -1.56. The van der Waals surface area contributed by atoms with E-state index in [1.165, 1.54) is 19.3 Å². The van der Waals surface area contributed by atoms with E-state index in [9.17, 15) is 9.90 Å². The van der Waals surface area contributed by atoms with Crippen molar-refractivity contribution in [1.29, 1.82) is 0 Å². The Labute approximate surface area is 183 Å². The van der Waals surface area contributed by atoms with Crippen LogP contribution >= 0.6 is 11.6 Å². The minimum Gasteiger partial charge on any atom is -0.459 e. The van der Waals surface area contributed by atoms with Crippen molar-refractivity contribution in [3.05, 3.63) is 46.7 Å². The van der Waals surface area contributed by atoms with Crippen molar-refractivity contribution in [3.63, 3.8) is 0 Å².